The number of hydrogen-bond acceptors (Lipinski definition) is 3. The summed E-state index contributed by atoms with van der Waals surface area (Å²) >= 11 is 0. The monoisotopic (exact) mass is 130 g/mol. The molecule has 0 aromatic rings. The van der Waals surface area contributed by atoms with Crippen LogP contribution in [0, 0.1) is 5.92 Å². The molecule has 52 valence electrons. The molecule has 9 heavy (non-hydrogen) atoms. The van der Waals surface area contributed by atoms with Gasteiger partial charge in [-0.15, -0.1) is 0 Å². The van der Waals surface area contributed by atoms with Crippen LogP contribution in [0.2, 0.25) is 0 Å². The molecule has 1 rings (SSSR count). The van der Waals surface area contributed by atoms with Crippen molar-refractivity contribution in [3.8, 4) is 0 Å². The molecule has 0 saturated carbocycles. The van der Waals surface area contributed by atoms with Crippen molar-refractivity contribution in [3.63, 3.8) is 0 Å². The zero-order valence-electron chi connectivity index (χ0n) is 5.33. The van der Waals surface area contributed by atoms with E-state index in [9.17, 15) is 4.79 Å². The summed E-state index contributed by atoms with van der Waals surface area (Å²) in [7, 11) is 0. The smallest absolute Gasteiger partial charge is 0.311 e. The third-order valence-electron chi connectivity index (χ3n) is 1.49. The quantitative estimate of drug-likeness (QED) is 0.505. The van der Waals surface area contributed by atoms with Crippen molar-refractivity contribution in [1.82, 2.24) is 0 Å². The molecule has 1 fully saturated rings. The third kappa shape index (κ3) is 1.21. The van der Waals surface area contributed by atoms with E-state index in [-0.39, 0.29) is 24.6 Å². The summed E-state index contributed by atoms with van der Waals surface area (Å²) in [6.07, 6.45) is 0.657. The van der Waals surface area contributed by atoms with Gasteiger partial charge in [-0.05, 0) is 13.3 Å². The van der Waals surface area contributed by atoms with Gasteiger partial charge in [0, 0.05) is 0 Å². The number of ether oxygens (including phenoxy) is 1. The number of esters is 1. The Morgan fingerprint density at radius 1 is 1.89 bits per heavy atom. The van der Waals surface area contributed by atoms with E-state index in [0.29, 0.717) is 6.42 Å². The molecule has 0 aromatic carbocycles. The summed E-state index contributed by atoms with van der Waals surface area (Å²) in [5.74, 6) is -0.523. The normalized spacial score (nSPS) is 34.7. The topological polar surface area (TPSA) is 46.5 Å². The van der Waals surface area contributed by atoms with E-state index in [1.165, 1.54) is 0 Å². The summed E-state index contributed by atoms with van der Waals surface area (Å²) in [5, 5.41) is 8.55. The number of aliphatic hydroxyl groups is 1. The Labute approximate surface area is 53.6 Å². The van der Waals surface area contributed by atoms with Crippen molar-refractivity contribution in [2.24, 2.45) is 5.92 Å². The molecule has 3 nitrogen and oxygen atoms in total. The van der Waals surface area contributed by atoms with Gasteiger partial charge in [-0.25, -0.2) is 0 Å². The maximum Gasteiger partial charge on any atom is 0.311 e. The Kier molecular flexibility index (Phi) is 1.71. The van der Waals surface area contributed by atoms with Crippen LogP contribution < -0.4 is 0 Å². The van der Waals surface area contributed by atoms with E-state index in [1.54, 1.807) is 0 Å². The van der Waals surface area contributed by atoms with Gasteiger partial charge in [0.25, 0.3) is 0 Å². The summed E-state index contributed by atoms with van der Waals surface area (Å²) in [5.41, 5.74) is 0. The predicted octanol–water partition coefficient (Wildman–Crippen LogP) is -0.0697. The zero-order valence-corrected chi connectivity index (χ0v) is 5.33. The Balaban J connectivity index is 2.48. The molecule has 1 unspecified atom stereocenters. The number of hydrogen-bond donors (Lipinski definition) is 1. The van der Waals surface area contributed by atoms with E-state index in [1.807, 2.05) is 6.92 Å². The van der Waals surface area contributed by atoms with Crippen LogP contribution in [-0.4, -0.2) is 23.8 Å². The molecular formula is C6H10O3. The molecule has 0 amide bonds. The second-order valence-electron chi connectivity index (χ2n) is 2.36. The van der Waals surface area contributed by atoms with Crippen LogP contribution in [0.1, 0.15) is 13.3 Å². The first-order valence-electron chi connectivity index (χ1n) is 3.05. The lowest BCUT2D eigenvalue weighted by Gasteiger charge is -1.95. The Hall–Kier alpha value is -0.570. The molecule has 0 bridgehead atoms. The van der Waals surface area contributed by atoms with E-state index in [0.717, 1.165) is 0 Å². The van der Waals surface area contributed by atoms with E-state index in [2.05, 4.69) is 0 Å². The van der Waals surface area contributed by atoms with Gasteiger partial charge < -0.3 is 9.84 Å². The molecule has 0 spiro atoms. The number of cyclic esters (lactones) is 1. The number of rotatable bonds is 1. The third-order valence-corrected chi connectivity index (χ3v) is 1.49. The first kappa shape index (κ1) is 6.55. The molecule has 0 aromatic heterocycles. The van der Waals surface area contributed by atoms with Gasteiger partial charge >= 0.3 is 5.97 Å². The second-order valence-corrected chi connectivity index (χ2v) is 2.36. The average molecular weight is 130 g/mol. The maximum atomic E-state index is 10.6. The van der Waals surface area contributed by atoms with E-state index in [4.69, 9.17) is 9.84 Å². The molecular weight excluding hydrogens is 120 g/mol. The lowest BCUT2D eigenvalue weighted by Crippen LogP contribution is -2.11. The van der Waals surface area contributed by atoms with Gasteiger partial charge in [-0.3, -0.25) is 4.79 Å². The van der Waals surface area contributed by atoms with Crippen LogP contribution in [0.5, 0.6) is 0 Å². The Bertz CT molecular complexity index is 121. The predicted molar refractivity (Wildman–Crippen MR) is 30.7 cm³/mol. The molecule has 1 N–H and O–H groups in total. The van der Waals surface area contributed by atoms with Crippen LogP contribution >= 0.6 is 0 Å². The minimum atomic E-state index is -0.264. The minimum Gasteiger partial charge on any atom is -0.462 e. The first-order valence-corrected chi connectivity index (χ1v) is 3.05. The molecule has 1 aliphatic heterocycles. The molecule has 1 heterocycles. The lowest BCUT2D eigenvalue weighted by molar-refractivity contribution is -0.144. The van der Waals surface area contributed by atoms with Gasteiger partial charge in [0.2, 0.25) is 0 Å². The van der Waals surface area contributed by atoms with Gasteiger partial charge in [-0.1, -0.05) is 0 Å². The highest BCUT2D eigenvalue weighted by molar-refractivity contribution is 5.74. The Morgan fingerprint density at radius 3 is 2.78 bits per heavy atom. The average Bonchev–Trinajstić information content (AvgIpc) is 2.10. The largest absolute Gasteiger partial charge is 0.462 e. The summed E-state index contributed by atoms with van der Waals surface area (Å²) in [4.78, 5) is 10.6. The van der Waals surface area contributed by atoms with Gasteiger partial charge in [0.1, 0.15) is 0 Å². The maximum absolute atomic E-state index is 10.6. The number of carbonyl (C=O) groups excluding carboxylic acids is 1. The lowest BCUT2D eigenvalue weighted by atomic mass is 10.1. The molecule has 1 aliphatic rings. The highest BCUT2D eigenvalue weighted by Crippen LogP contribution is 2.19. The van der Waals surface area contributed by atoms with Crippen LogP contribution in [0.3, 0.4) is 0 Å². The first-order chi connectivity index (χ1) is 4.24. The van der Waals surface area contributed by atoms with Crippen LogP contribution in [0.15, 0.2) is 0 Å². The molecule has 1 saturated heterocycles. The molecule has 0 aliphatic carbocycles. The fraction of sp³-hybridized carbons (Fsp3) is 0.833. The second kappa shape index (κ2) is 2.35. The number of carbonyl (C=O) groups is 1. The standard InChI is InChI=1S/C6H10O3/c1-4-2-5(3-7)6(8)9-4/h4-5,7H,2-3H2,1H3/t4-,5?/m1/s1. The van der Waals surface area contributed by atoms with E-state index >= 15 is 0 Å². The van der Waals surface area contributed by atoms with Crippen molar-refractivity contribution in [1.29, 1.82) is 0 Å². The van der Waals surface area contributed by atoms with Gasteiger partial charge in [0.15, 0.2) is 0 Å². The molecule has 0 radical (unpaired) electrons. The SMILES string of the molecule is C[C@@H]1CC(CO)C(=O)O1. The molecule has 3 heteroatoms. The highest BCUT2D eigenvalue weighted by Gasteiger charge is 2.30. The van der Waals surface area contributed by atoms with Crippen molar-refractivity contribution in [3.05, 3.63) is 0 Å². The highest BCUT2D eigenvalue weighted by atomic mass is 16.6. The molecule has 2 atom stereocenters. The van der Waals surface area contributed by atoms with Crippen LogP contribution in [0.25, 0.3) is 0 Å². The minimum absolute atomic E-state index is 0.00495. The van der Waals surface area contributed by atoms with E-state index < -0.39 is 0 Å². The zero-order chi connectivity index (χ0) is 6.85. The Morgan fingerprint density at radius 2 is 2.56 bits per heavy atom. The van der Waals surface area contributed by atoms with Crippen molar-refractivity contribution in [2.45, 2.75) is 19.4 Å². The summed E-state index contributed by atoms with van der Waals surface area (Å²) < 4.78 is 4.77. The fourth-order valence-electron chi connectivity index (χ4n) is 0.989. The fourth-order valence-corrected chi connectivity index (χ4v) is 0.989. The van der Waals surface area contributed by atoms with Crippen molar-refractivity contribution in [2.75, 3.05) is 6.61 Å². The van der Waals surface area contributed by atoms with Crippen LogP contribution in [-0.2, 0) is 9.53 Å². The number of aliphatic hydroxyl groups excluding tert-OH is 1. The van der Waals surface area contributed by atoms with Gasteiger partial charge in [0.05, 0.1) is 18.6 Å². The summed E-state index contributed by atoms with van der Waals surface area (Å²) in [6, 6.07) is 0. The van der Waals surface area contributed by atoms with Gasteiger partial charge in [-0.2, -0.15) is 0 Å². The summed E-state index contributed by atoms with van der Waals surface area (Å²) in [6.45, 7) is 1.75. The van der Waals surface area contributed by atoms with Crippen molar-refractivity contribution >= 4 is 5.97 Å². The van der Waals surface area contributed by atoms with Crippen LogP contribution in [0.4, 0.5) is 0 Å². The van der Waals surface area contributed by atoms with Crippen molar-refractivity contribution < 1.29 is 14.6 Å².